The fraction of sp³-hybridized carbons (Fsp3) is 0.235. The number of nitrogens with two attached hydrogens (primary N) is 1. The summed E-state index contributed by atoms with van der Waals surface area (Å²) >= 11 is 0. The van der Waals surface area contributed by atoms with Crippen LogP contribution in [-0.2, 0) is 6.61 Å². The van der Waals surface area contributed by atoms with Gasteiger partial charge in [-0.3, -0.25) is 0 Å². The van der Waals surface area contributed by atoms with Crippen LogP contribution in [0.1, 0.15) is 30.0 Å². The van der Waals surface area contributed by atoms with Crippen LogP contribution in [0.4, 0.5) is 0 Å². The van der Waals surface area contributed by atoms with Gasteiger partial charge in [-0.1, -0.05) is 41.6 Å². The lowest BCUT2D eigenvalue weighted by molar-refractivity contribution is 0.248. The molecule has 0 radical (unpaired) electrons. The molecule has 0 unspecified atom stereocenters. The van der Waals surface area contributed by atoms with Gasteiger partial charge >= 0.3 is 0 Å². The van der Waals surface area contributed by atoms with Crippen molar-refractivity contribution < 1.29 is 9.26 Å². The molecule has 0 aliphatic heterocycles. The Hall–Kier alpha value is -2.33. The monoisotopic (exact) mass is 282 g/mol. The van der Waals surface area contributed by atoms with Gasteiger partial charge in [0.1, 0.15) is 12.4 Å². The van der Waals surface area contributed by atoms with E-state index in [9.17, 15) is 0 Å². The highest BCUT2D eigenvalue weighted by Crippen LogP contribution is 2.33. The number of hydrogen-bond acceptors (Lipinski definition) is 4. The number of aromatic nitrogens is 1. The standard InChI is InChI=1S/C17H18N2O2/c1-11-9-14(21-19-11)10-20-17-15(12(2)18)8-7-13-5-3-4-6-16(13)17/h3-9,12H,10,18H2,1-2H3/t12-/m0/s1. The first kappa shape index (κ1) is 13.6. The van der Waals surface area contributed by atoms with Gasteiger partial charge in [0.2, 0.25) is 0 Å². The second-order valence-electron chi connectivity index (χ2n) is 5.22. The third-order valence-electron chi connectivity index (χ3n) is 3.44. The first-order valence-corrected chi connectivity index (χ1v) is 6.97. The van der Waals surface area contributed by atoms with Crippen LogP contribution in [0.2, 0.25) is 0 Å². The predicted octanol–water partition coefficient (Wildman–Crippen LogP) is 3.73. The number of rotatable bonds is 4. The molecule has 108 valence electrons. The van der Waals surface area contributed by atoms with Gasteiger partial charge in [0, 0.05) is 23.1 Å². The Bertz CT molecular complexity index is 762. The van der Waals surface area contributed by atoms with Crippen molar-refractivity contribution in [2.24, 2.45) is 5.73 Å². The van der Waals surface area contributed by atoms with E-state index in [0.717, 1.165) is 27.8 Å². The minimum atomic E-state index is -0.0962. The molecule has 1 aromatic heterocycles. The zero-order valence-corrected chi connectivity index (χ0v) is 12.2. The summed E-state index contributed by atoms with van der Waals surface area (Å²) in [6, 6.07) is 14.0. The van der Waals surface area contributed by atoms with E-state index in [1.54, 1.807) is 0 Å². The molecular weight excluding hydrogens is 264 g/mol. The minimum Gasteiger partial charge on any atom is -0.485 e. The van der Waals surface area contributed by atoms with Crippen LogP contribution < -0.4 is 10.5 Å². The number of benzene rings is 2. The third-order valence-corrected chi connectivity index (χ3v) is 3.44. The maximum absolute atomic E-state index is 6.06. The van der Waals surface area contributed by atoms with Gasteiger partial charge in [0.25, 0.3) is 0 Å². The molecule has 2 N–H and O–H groups in total. The highest BCUT2D eigenvalue weighted by atomic mass is 16.5. The summed E-state index contributed by atoms with van der Waals surface area (Å²) in [6.45, 7) is 4.18. The molecule has 4 heteroatoms. The summed E-state index contributed by atoms with van der Waals surface area (Å²) in [5.74, 6) is 1.52. The molecule has 3 aromatic rings. The number of nitrogens with zero attached hydrogens (tertiary/aromatic N) is 1. The Kier molecular flexibility index (Phi) is 3.62. The van der Waals surface area contributed by atoms with Crippen LogP contribution in [0.3, 0.4) is 0 Å². The molecule has 2 aromatic carbocycles. The molecule has 0 saturated carbocycles. The van der Waals surface area contributed by atoms with Crippen LogP contribution >= 0.6 is 0 Å². The SMILES string of the molecule is Cc1cc(COc2c([C@H](C)N)ccc3ccccc23)on1. The van der Waals surface area contributed by atoms with Gasteiger partial charge in [-0.2, -0.15) is 0 Å². The van der Waals surface area contributed by atoms with Crippen molar-refractivity contribution in [1.29, 1.82) is 0 Å². The van der Waals surface area contributed by atoms with Gasteiger partial charge in [-0.25, -0.2) is 0 Å². The Morgan fingerprint density at radius 3 is 2.76 bits per heavy atom. The zero-order valence-electron chi connectivity index (χ0n) is 12.2. The van der Waals surface area contributed by atoms with Crippen molar-refractivity contribution in [2.45, 2.75) is 26.5 Å². The first-order chi connectivity index (χ1) is 10.1. The van der Waals surface area contributed by atoms with E-state index in [1.807, 2.05) is 44.2 Å². The fourth-order valence-electron chi connectivity index (χ4n) is 2.41. The molecule has 0 fully saturated rings. The molecule has 0 aliphatic carbocycles. The summed E-state index contributed by atoms with van der Waals surface area (Å²) in [7, 11) is 0. The van der Waals surface area contributed by atoms with Crippen molar-refractivity contribution in [3.63, 3.8) is 0 Å². The molecule has 0 aliphatic rings. The lowest BCUT2D eigenvalue weighted by atomic mass is 10.0. The van der Waals surface area contributed by atoms with E-state index in [-0.39, 0.29) is 6.04 Å². The van der Waals surface area contributed by atoms with E-state index < -0.39 is 0 Å². The lowest BCUT2D eigenvalue weighted by Gasteiger charge is -2.16. The van der Waals surface area contributed by atoms with Gasteiger partial charge < -0.3 is 15.0 Å². The Labute approximate surface area is 123 Å². The van der Waals surface area contributed by atoms with Crippen LogP contribution in [0.25, 0.3) is 10.8 Å². The smallest absolute Gasteiger partial charge is 0.174 e. The summed E-state index contributed by atoms with van der Waals surface area (Å²) in [5.41, 5.74) is 7.90. The minimum absolute atomic E-state index is 0.0962. The molecule has 0 saturated heterocycles. The van der Waals surface area contributed by atoms with Gasteiger partial charge in [-0.15, -0.1) is 0 Å². The van der Waals surface area contributed by atoms with E-state index in [0.29, 0.717) is 12.4 Å². The molecule has 0 bridgehead atoms. The second kappa shape index (κ2) is 5.58. The van der Waals surface area contributed by atoms with Crippen molar-refractivity contribution in [1.82, 2.24) is 5.16 Å². The van der Waals surface area contributed by atoms with Gasteiger partial charge in [-0.05, 0) is 19.2 Å². The quantitative estimate of drug-likeness (QED) is 0.792. The summed E-state index contributed by atoms with van der Waals surface area (Å²) in [5, 5.41) is 6.06. The Morgan fingerprint density at radius 1 is 1.24 bits per heavy atom. The topological polar surface area (TPSA) is 61.3 Å². The van der Waals surface area contributed by atoms with Crippen molar-refractivity contribution >= 4 is 10.8 Å². The molecule has 1 heterocycles. The fourth-order valence-corrected chi connectivity index (χ4v) is 2.41. The maximum Gasteiger partial charge on any atom is 0.174 e. The summed E-state index contributed by atoms with van der Waals surface area (Å²) in [4.78, 5) is 0. The van der Waals surface area contributed by atoms with Crippen molar-refractivity contribution in [3.05, 3.63) is 59.5 Å². The van der Waals surface area contributed by atoms with E-state index in [2.05, 4.69) is 17.3 Å². The Balaban J connectivity index is 1.99. The number of ether oxygens (including phenoxy) is 1. The zero-order chi connectivity index (χ0) is 14.8. The van der Waals surface area contributed by atoms with Crippen LogP contribution in [0.15, 0.2) is 47.0 Å². The van der Waals surface area contributed by atoms with E-state index in [1.165, 1.54) is 0 Å². The third kappa shape index (κ3) is 2.76. The van der Waals surface area contributed by atoms with Crippen molar-refractivity contribution in [3.8, 4) is 5.75 Å². The average Bonchev–Trinajstić information content (AvgIpc) is 2.90. The highest BCUT2D eigenvalue weighted by molar-refractivity contribution is 5.89. The van der Waals surface area contributed by atoms with Crippen molar-refractivity contribution in [2.75, 3.05) is 0 Å². The molecule has 0 spiro atoms. The lowest BCUT2D eigenvalue weighted by Crippen LogP contribution is -2.08. The van der Waals surface area contributed by atoms with Gasteiger partial charge in [0.15, 0.2) is 5.76 Å². The average molecular weight is 282 g/mol. The molecule has 0 amide bonds. The molecular formula is C17H18N2O2. The molecule has 21 heavy (non-hydrogen) atoms. The number of fused-ring (bicyclic) bond motifs is 1. The van der Waals surface area contributed by atoms with Gasteiger partial charge in [0.05, 0.1) is 5.69 Å². The predicted molar refractivity (Wildman–Crippen MR) is 82.1 cm³/mol. The molecule has 1 atom stereocenters. The van der Waals surface area contributed by atoms with Crippen LogP contribution in [0, 0.1) is 6.92 Å². The first-order valence-electron chi connectivity index (χ1n) is 6.97. The summed E-state index contributed by atoms with van der Waals surface area (Å²) < 4.78 is 11.2. The normalized spacial score (nSPS) is 12.5. The van der Waals surface area contributed by atoms with E-state index in [4.69, 9.17) is 15.0 Å². The second-order valence-corrected chi connectivity index (χ2v) is 5.22. The van der Waals surface area contributed by atoms with Crippen LogP contribution in [-0.4, -0.2) is 5.16 Å². The van der Waals surface area contributed by atoms with Crippen LogP contribution in [0.5, 0.6) is 5.75 Å². The number of hydrogen-bond donors (Lipinski definition) is 1. The summed E-state index contributed by atoms with van der Waals surface area (Å²) in [6.07, 6.45) is 0. The molecule has 4 nitrogen and oxygen atoms in total. The maximum atomic E-state index is 6.06. The molecule has 3 rings (SSSR count). The largest absolute Gasteiger partial charge is 0.485 e. The van der Waals surface area contributed by atoms with E-state index >= 15 is 0 Å². The highest BCUT2D eigenvalue weighted by Gasteiger charge is 2.13. The number of aryl methyl sites for hydroxylation is 1. The Morgan fingerprint density at radius 2 is 2.05 bits per heavy atom.